The van der Waals surface area contributed by atoms with E-state index in [1.165, 1.54) is 6.07 Å². The molecule has 0 aliphatic carbocycles. The number of hydrogen-bond acceptors (Lipinski definition) is 2. The number of halogens is 2. The molecule has 0 amide bonds. The highest BCUT2D eigenvalue weighted by molar-refractivity contribution is 9.10. The summed E-state index contributed by atoms with van der Waals surface area (Å²) >= 11 is 3.36. The van der Waals surface area contributed by atoms with E-state index in [2.05, 4.69) is 20.9 Å². The average molecular weight is 296 g/mol. The Morgan fingerprint density at radius 2 is 2.00 bits per heavy atom. The van der Waals surface area contributed by atoms with Crippen LogP contribution in [0.2, 0.25) is 0 Å². The van der Waals surface area contributed by atoms with Gasteiger partial charge in [-0.1, -0.05) is 6.07 Å². The van der Waals surface area contributed by atoms with Gasteiger partial charge in [0.25, 0.3) is 0 Å². The Labute approximate surface area is 108 Å². The number of benzene rings is 1. The quantitative estimate of drug-likeness (QED) is 0.820. The molecule has 0 saturated carbocycles. The highest BCUT2D eigenvalue weighted by Crippen LogP contribution is 2.28. The summed E-state index contributed by atoms with van der Waals surface area (Å²) in [4.78, 5) is 4.13. The molecular formula is C13H11BrFNO. The summed E-state index contributed by atoms with van der Waals surface area (Å²) in [5.41, 5.74) is 1.62. The average Bonchev–Trinajstić information content (AvgIpc) is 2.27. The summed E-state index contributed by atoms with van der Waals surface area (Å²) in [6, 6.07) is 6.63. The fraction of sp³-hybridized carbons (Fsp3) is 0.154. The zero-order valence-electron chi connectivity index (χ0n) is 9.50. The Hall–Kier alpha value is -1.42. The van der Waals surface area contributed by atoms with Crippen molar-refractivity contribution in [2.75, 3.05) is 0 Å². The fourth-order valence-corrected chi connectivity index (χ4v) is 1.89. The molecule has 17 heavy (non-hydrogen) atoms. The largest absolute Gasteiger partial charge is 0.438 e. The summed E-state index contributed by atoms with van der Waals surface area (Å²) in [6.07, 6.45) is 1.70. The summed E-state index contributed by atoms with van der Waals surface area (Å²) in [5.74, 6) is 0.578. The Kier molecular flexibility index (Phi) is 3.43. The van der Waals surface area contributed by atoms with Crippen LogP contribution < -0.4 is 4.74 Å². The molecule has 1 heterocycles. The molecule has 4 heteroatoms. The first-order valence-corrected chi connectivity index (χ1v) is 5.92. The zero-order valence-corrected chi connectivity index (χ0v) is 11.1. The van der Waals surface area contributed by atoms with E-state index < -0.39 is 0 Å². The van der Waals surface area contributed by atoms with Crippen molar-refractivity contribution in [2.24, 2.45) is 0 Å². The minimum Gasteiger partial charge on any atom is -0.438 e. The van der Waals surface area contributed by atoms with Gasteiger partial charge >= 0.3 is 0 Å². The Bertz CT molecular complexity index is 557. The lowest BCUT2D eigenvalue weighted by Crippen LogP contribution is -1.91. The summed E-state index contributed by atoms with van der Waals surface area (Å²) in [5, 5.41) is 0. The van der Waals surface area contributed by atoms with Crippen LogP contribution in [0.5, 0.6) is 11.6 Å². The van der Waals surface area contributed by atoms with Crippen molar-refractivity contribution in [1.29, 1.82) is 0 Å². The lowest BCUT2D eigenvalue weighted by molar-refractivity contribution is 0.454. The lowest BCUT2D eigenvalue weighted by atomic mass is 10.2. The van der Waals surface area contributed by atoms with Crippen molar-refractivity contribution in [3.63, 3.8) is 0 Å². The predicted molar refractivity (Wildman–Crippen MR) is 67.9 cm³/mol. The van der Waals surface area contributed by atoms with Gasteiger partial charge in [-0.05, 0) is 53.0 Å². The van der Waals surface area contributed by atoms with Crippen LogP contribution in [-0.4, -0.2) is 4.98 Å². The Balaban J connectivity index is 2.28. The number of pyridine rings is 1. The van der Waals surface area contributed by atoms with Crippen molar-refractivity contribution in [2.45, 2.75) is 13.8 Å². The maximum atomic E-state index is 13.3. The smallest absolute Gasteiger partial charge is 0.233 e. The van der Waals surface area contributed by atoms with Gasteiger partial charge in [0.15, 0.2) is 0 Å². The second kappa shape index (κ2) is 4.84. The molecule has 2 nitrogen and oxygen atoms in total. The molecule has 0 bridgehead atoms. The van der Waals surface area contributed by atoms with Gasteiger partial charge in [0, 0.05) is 12.3 Å². The van der Waals surface area contributed by atoms with E-state index in [0.29, 0.717) is 17.2 Å². The highest BCUT2D eigenvalue weighted by Gasteiger charge is 2.06. The number of ether oxygens (including phenoxy) is 1. The first-order valence-electron chi connectivity index (χ1n) is 5.12. The van der Waals surface area contributed by atoms with Gasteiger partial charge in [0.1, 0.15) is 11.6 Å². The second-order valence-electron chi connectivity index (χ2n) is 3.81. The monoisotopic (exact) mass is 295 g/mol. The van der Waals surface area contributed by atoms with E-state index in [0.717, 1.165) is 10.0 Å². The zero-order chi connectivity index (χ0) is 12.4. The van der Waals surface area contributed by atoms with E-state index in [1.807, 2.05) is 13.0 Å². The van der Waals surface area contributed by atoms with E-state index in [9.17, 15) is 4.39 Å². The molecule has 0 saturated heterocycles. The number of nitrogens with zero attached hydrogens (tertiary/aromatic N) is 1. The van der Waals surface area contributed by atoms with Gasteiger partial charge in [0.05, 0.1) is 4.47 Å². The molecule has 0 fully saturated rings. The van der Waals surface area contributed by atoms with Crippen LogP contribution in [0.4, 0.5) is 4.39 Å². The van der Waals surface area contributed by atoms with E-state index >= 15 is 0 Å². The van der Waals surface area contributed by atoms with Gasteiger partial charge in [-0.25, -0.2) is 9.37 Å². The van der Waals surface area contributed by atoms with Crippen molar-refractivity contribution in [3.05, 3.63) is 51.9 Å². The predicted octanol–water partition coefficient (Wildman–Crippen LogP) is 4.39. The Morgan fingerprint density at radius 1 is 1.24 bits per heavy atom. The molecule has 0 spiro atoms. The van der Waals surface area contributed by atoms with Crippen LogP contribution in [0.25, 0.3) is 0 Å². The first-order chi connectivity index (χ1) is 8.06. The maximum absolute atomic E-state index is 13.3. The normalized spacial score (nSPS) is 10.4. The van der Waals surface area contributed by atoms with Crippen LogP contribution in [0, 0.1) is 19.7 Å². The van der Waals surface area contributed by atoms with Gasteiger partial charge in [-0.15, -0.1) is 0 Å². The summed E-state index contributed by atoms with van der Waals surface area (Å²) in [6.45, 7) is 3.65. The van der Waals surface area contributed by atoms with Gasteiger partial charge in [-0.3, -0.25) is 0 Å². The molecule has 0 atom stereocenters. The van der Waals surface area contributed by atoms with Crippen LogP contribution >= 0.6 is 15.9 Å². The molecule has 0 aliphatic rings. The molecule has 0 radical (unpaired) electrons. The minimum absolute atomic E-state index is 0.286. The SMILES string of the molecule is Cc1cnc(Oc2ccc(C)c(F)c2)c(Br)c1. The topological polar surface area (TPSA) is 22.1 Å². The van der Waals surface area contributed by atoms with Crippen molar-refractivity contribution in [3.8, 4) is 11.6 Å². The molecule has 1 aromatic heterocycles. The molecule has 0 aliphatic heterocycles. The van der Waals surface area contributed by atoms with E-state index in [-0.39, 0.29) is 5.82 Å². The summed E-state index contributed by atoms with van der Waals surface area (Å²) in [7, 11) is 0. The maximum Gasteiger partial charge on any atom is 0.233 e. The first kappa shape index (κ1) is 12.0. The highest BCUT2D eigenvalue weighted by atomic mass is 79.9. The second-order valence-corrected chi connectivity index (χ2v) is 4.67. The van der Waals surface area contributed by atoms with Crippen LogP contribution in [0.3, 0.4) is 0 Å². The third-order valence-electron chi connectivity index (χ3n) is 2.30. The molecule has 2 aromatic rings. The third-order valence-corrected chi connectivity index (χ3v) is 2.87. The molecule has 88 valence electrons. The van der Waals surface area contributed by atoms with Crippen LogP contribution in [0.15, 0.2) is 34.9 Å². The molecular weight excluding hydrogens is 285 g/mol. The Morgan fingerprint density at radius 3 is 2.65 bits per heavy atom. The molecule has 0 N–H and O–H groups in total. The lowest BCUT2D eigenvalue weighted by Gasteiger charge is -2.07. The fourth-order valence-electron chi connectivity index (χ4n) is 1.34. The minimum atomic E-state index is -0.286. The van der Waals surface area contributed by atoms with Gasteiger partial charge in [0.2, 0.25) is 5.88 Å². The molecule has 2 rings (SSSR count). The van der Waals surface area contributed by atoms with Crippen molar-refractivity contribution < 1.29 is 9.13 Å². The van der Waals surface area contributed by atoms with Crippen molar-refractivity contribution in [1.82, 2.24) is 4.98 Å². The van der Waals surface area contributed by atoms with Crippen LogP contribution in [-0.2, 0) is 0 Å². The van der Waals surface area contributed by atoms with E-state index in [4.69, 9.17) is 4.74 Å². The van der Waals surface area contributed by atoms with Gasteiger partial charge in [-0.2, -0.15) is 0 Å². The number of hydrogen-bond donors (Lipinski definition) is 0. The molecule has 0 unspecified atom stereocenters. The third kappa shape index (κ3) is 2.82. The molecule has 1 aromatic carbocycles. The number of aryl methyl sites for hydroxylation is 2. The number of rotatable bonds is 2. The van der Waals surface area contributed by atoms with Crippen molar-refractivity contribution >= 4 is 15.9 Å². The van der Waals surface area contributed by atoms with E-state index in [1.54, 1.807) is 25.3 Å². The standard InChI is InChI=1S/C13H11BrFNO/c1-8-5-11(14)13(16-7-8)17-10-4-3-9(2)12(15)6-10/h3-7H,1-2H3. The van der Waals surface area contributed by atoms with Crippen LogP contribution in [0.1, 0.15) is 11.1 Å². The number of aromatic nitrogens is 1. The summed E-state index contributed by atoms with van der Waals surface area (Å²) < 4.78 is 19.6. The van der Waals surface area contributed by atoms with Gasteiger partial charge < -0.3 is 4.74 Å².